The maximum atomic E-state index is 11.4. The van der Waals surface area contributed by atoms with Crippen LogP contribution in [0, 0.1) is 11.3 Å². The number of hydrogen-bond acceptors (Lipinski definition) is 4. The summed E-state index contributed by atoms with van der Waals surface area (Å²) in [6.07, 6.45) is 7.58. The van der Waals surface area contributed by atoms with Crippen molar-refractivity contribution < 1.29 is 14.9 Å². The lowest BCUT2D eigenvalue weighted by Gasteiger charge is -2.68. The molecule has 3 fully saturated rings. The highest BCUT2D eigenvalue weighted by Gasteiger charge is 2.74. The number of hydrogen-bond donors (Lipinski definition) is 2. The van der Waals surface area contributed by atoms with Gasteiger partial charge in [-0.1, -0.05) is 13.0 Å². The zero-order valence-electron chi connectivity index (χ0n) is 16.5. The molecule has 0 amide bonds. The average molecular weight is 370 g/mol. The average Bonchev–Trinajstić information content (AvgIpc) is 3.38. The second-order valence-corrected chi connectivity index (χ2v) is 10.2. The normalized spacial score (nSPS) is 44.7. The summed E-state index contributed by atoms with van der Waals surface area (Å²) in [5.74, 6) is 1.82. The minimum Gasteiger partial charge on any atom is -0.504 e. The molecule has 2 aliphatic heterocycles. The van der Waals surface area contributed by atoms with Crippen molar-refractivity contribution in [3.05, 3.63) is 23.3 Å². The van der Waals surface area contributed by atoms with Gasteiger partial charge in [-0.2, -0.15) is 0 Å². The second kappa shape index (κ2) is 5.01. The van der Waals surface area contributed by atoms with Crippen molar-refractivity contribution in [1.82, 2.24) is 4.90 Å². The molecular formula is C23H31NO3. The van der Waals surface area contributed by atoms with Gasteiger partial charge in [0.05, 0.1) is 5.60 Å². The largest absolute Gasteiger partial charge is 0.504 e. The minimum absolute atomic E-state index is 0.138. The summed E-state index contributed by atoms with van der Waals surface area (Å²) in [7, 11) is 0. The zero-order valence-corrected chi connectivity index (χ0v) is 16.5. The number of aliphatic hydroxyl groups is 1. The molecule has 2 N–H and O–H groups in total. The van der Waals surface area contributed by atoms with Crippen LogP contribution in [0.2, 0.25) is 0 Å². The van der Waals surface area contributed by atoms with E-state index in [1.165, 1.54) is 30.5 Å². The van der Waals surface area contributed by atoms with Crippen LogP contribution in [0.3, 0.4) is 0 Å². The van der Waals surface area contributed by atoms with Crippen molar-refractivity contribution in [2.75, 3.05) is 13.1 Å². The predicted octanol–water partition coefficient (Wildman–Crippen LogP) is 3.37. The molecule has 6 rings (SSSR count). The van der Waals surface area contributed by atoms with E-state index >= 15 is 0 Å². The van der Waals surface area contributed by atoms with E-state index in [1.54, 1.807) is 6.07 Å². The third-order valence-corrected chi connectivity index (χ3v) is 8.99. The van der Waals surface area contributed by atoms with Crippen molar-refractivity contribution >= 4 is 0 Å². The second-order valence-electron chi connectivity index (χ2n) is 10.2. The van der Waals surface area contributed by atoms with Gasteiger partial charge in [0.25, 0.3) is 0 Å². The molecule has 5 atom stereocenters. The summed E-state index contributed by atoms with van der Waals surface area (Å²) in [6.45, 7) is 6.63. The van der Waals surface area contributed by atoms with Crippen molar-refractivity contribution in [1.29, 1.82) is 0 Å². The maximum Gasteiger partial charge on any atom is 0.165 e. The molecule has 1 aromatic rings. The van der Waals surface area contributed by atoms with Gasteiger partial charge in [-0.25, -0.2) is 0 Å². The Morgan fingerprint density at radius 2 is 2.04 bits per heavy atom. The molecule has 2 heterocycles. The first-order valence-corrected chi connectivity index (χ1v) is 10.9. The Morgan fingerprint density at radius 1 is 1.22 bits per heavy atom. The van der Waals surface area contributed by atoms with Gasteiger partial charge in [-0.3, -0.25) is 4.90 Å². The first kappa shape index (κ1) is 16.7. The number of phenols is 1. The third-order valence-electron chi connectivity index (χ3n) is 8.99. The SMILES string of the molecule is CC[C@@]12CCC(C)(O)C3Oc4c(O)ccc5c4[C@@]31CCN(CC1CC1)[C@@H]2C5. The van der Waals surface area contributed by atoms with Crippen LogP contribution in [0.1, 0.15) is 63.5 Å². The van der Waals surface area contributed by atoms with Crippen LogP contribution in [-0.2, 0) is 11.8 Å². The molecule has 4 nitrogen and oxygen atoms in total. The van der Waals surface area contributed by atoms with E-state index in [1.807, 2.05) is 6.92 Å². The summed E-state index contributed by atoms with van der Waals surface area (Å²) < 4.78 is 6.46. The van der Waals surface area contributed by atoms with Crippen molar-refractivity contribution in [3.8, 4) is 11.5 Å². The zero-order chi connectivity index (χ0) is 18.6. The highest BCUT2D eigenvalue weighted by Crippen LogP contribution is 2.71. The number of nitrogens with zero attached hydrogens (tertiary/aromatic N) is 1. The minimum atomic E-state index is -0.845. The van der Waals surface area contributed by atoms with Gasteiger partial charge in [0, 0.05) is 23.6 Å². The number of ether oxygens (including phenoxy) is 1. The van der Waals surface area contributed by atoms with Crippen LogP contribution >= 0.6 is 0 Å². The fourth-order valence-electron chi connectivity index (χ4n) is 7.64. The van der Waals surface area contributed by atoms with Gasteiger partial charge in [0.15, 0.2) is 11.5 Å². The van der Waals surface area contributed by atoms with Gasteiger partial charge in [0.2, 0.25) is 0 Å². The smallest absolute Gasteiger partial charge is 0.165 e. The summed E-state index contributed by atoms with van der Waals surface area (Å²) >= 11 is 0. The molecule has 1 aromatic carbocycles. The highest BCUT2D eigenvalue weighted by atomic mass is 16.5. The molecule has 2 saturated carbocycles. The van der Waals surface area contributed by atoms with E-state index < -0.39 is 5.60 Å². The molecule has 1 saturated heterocycles. The number of benzene rings is 1. The standard InChI is InChI=1S/C23H31NO3/c1-3-22-9-8-21(2,26)20-23(22)10-11-24(13-14-4-5-14)17(22)12-15-6-7-16(25)19(27-20)18(15)23/h6-7,14,17,20,25-26H,3-5,8-13H2,1-2H3/t17-,20?,21?,22+,23+/m1/s1. The van der Waals surface area contributed by atoms with Gasteiger partial charge in [-0.15, -0.1) is 0 Å². The van der Waals surface area contributed by atoms with E-state index in [2.05, 4.69) is 17.9 Å². The van der Waals surface area contributed by atoms with Crippen LogP contribution < -0.4 is 4.74 Å². The number of likely N-dealkylation sites (tertiary alicyclic amines) is 1. The number of phenolic OH excluding ortho intramolecular Hbond substituents is 1. The Morgan fingerprint density at radius 3 is 2.78 bits per heavy atom. The highest BCUT2D eigenvalue weighted by molar-refractivity contribution is 5.62. The number of piperidine rings is 1. The summed E-state index contributed by atoms with van der Waals surface area (Å²) in [5, 5.41) is 22.0. The monoisotopic (exact) mass is 369 g/mol. The summed E-state index contributed by atoms with van der Waals surface area (Å²) in [4.78, 5) is 2.79. The molecular weight excluding hydrogens is 338 g/mol. The summed E-state index contributed by atoms with van der Waals surface area (Å²) in [6, 6.07) is 4.46. The third kappa shape index (κ3) is 1.82. The molecule has 1 spiro atoms. The maximum absolute atomic E-state index is 11.4. The van der Waals surface area contributed by atoms with Crippen molar-refractivity contribution in [3.63, 3.8) is 0 Å². The van der Waals surface area contributed by atoms with Crippen LogP contribution in [0.4, 0.5) is 0 Å². The Hall–Kier alpha value is -1.26. The number of aromatic hydroxyl groups is 1. The van der Waals surface area contributed by atoms with Crippen LogP contribution in [0.15, 0.2) is 12.1 Å². The summed E-state index contributed by atoms with van der Waals surface area (Å²) in [5.41, 5.74) is 1.73. The first-order valence-electron chi connectivity index (χ1n) is 10.9. The number of rotatable bonds is 3. The molecule has 2 bridgehead atoms. The van der Waals surface area contributed by atoms with Crippen LogP contribution in [0.5, 0.6) is 11.5 Å². The Kier molecular flexibility index (Phi) is 3.10. The van der Waals surface area contributed by atoms with E-state index in [-0.39, 0.29) is 22.7 Å². The lowest BCUT2D eigenvalue weighted by atomic mass is 9.41. The van der Waals surface area contributed by atoms with Crippen molar-refractivity contribution in [2.24, 2.45) is 11.3 Å². The van der Waals surface area contributed by atoms with E-state index in [0.717, 1.165) is 44.6 Å². The molecule has 27 heavy (non-hydrogen) atoms. The van der Waals surface area contributed by atoms with Crippen molar-refractivity contribution in [2.45, 2.75) is 82.0 Å². The lowest BCUT2D eigenvalue weighted by molar-refractivity contribution is -0.195. The van der Waals surface area contributed by atoms with Crippen LogP contribution in [0.25, 0.3) is 0 Å². The van der Waals surface area contributed by atoms with Crippen LogP contribution in [-0.4, -0.2) is 45.9 Å². The topological polar surface area (TPSA) is 52.9 Å². The fraction of sp³-hybridized carbons (Fsp3) is 0.739. The molecule has 0 aromatic heterocycles. The molecule has 2 unspecified atom stereocenters. The Balaban J connectivity index is 1.60. The van der Waals surface area contributed by atoms with Gasteiger partial charge < -0.3 is 14.9 Å². The van der Waals surface area contributed by atoms with E-state index in [4.69, 9.17) is 4.74 Å². The van der Waals surface area contributed by atoms with E-state index in [9.17, 15) is 10.2 Å². The molecule has 146 valence electrons. The quantitative estimate of drug-likeness (QED) is 0.858. The molecule has 0 radical (unpaired) electrons. The Labute approximate surface area is 161 Å². The fourth-order valence-corrected chi connectivity index (χ4v) is 7.64. The molecule has 5 aliphatic rings. The predicted molar refractivity (Wildman–Crippen MR) is 103 cm³/mol. The Bertz CT molecular complexity index is 816. The van der Waals surface area contributed by atoms with E-state index in [0.29, 0.717) is 11.8 Å². The first-order chi connectivity index (χ1) is 12.9. The van der Waals surface area contributed by atoms with Gasteiger partial charge >= 0.3 is 0 Å². The molecule has 3 aliphatic carbocycles. The lowest BCUT2D eigenvalue weighted by Crippen LogP contribution is -2.75. The van der Waals surface area contributed by atoms with Gasteiger partial charge in [0.1, 0.15) is 6.10 Å². The van der Waals surface area contributed by atoms with Gasteiger partial charge in [-0.05, 0) is 81.4 Å². The molecule has 4 heteroatoms.